The molecule has 0 aliphatic carbocycles. The number of nitrogens with two attached hydrogens (primary N) is 3. The Morgan fingerprint density at radius 3 is 1.69 bits per heavy atom. The number of carbonyl (C=O) groups is 2. The number of ketones is 2. The lowest BCUT2D eigenvalue weighted by atomic mass is 9.85. The maximum Gasteiger partial charge on any atom is 0.281 e. The number of hydrogen-bond acceptors (Lipinski definition) is 19. The molecule has 3 aromatic carbocycles. The first-order valence-corrected chi connectivity index (χ1v) is 36.5. The molecule has 0 spiro atoms. The number of sulfone groups is 1. The fourth-order valence-electron chi connectivity index (χ4n) is 14.6. The molecule has 6 aliphatic rings. The lowest BCUT2D eigenvalue weighted by Crippen LogP contribution is -2.58. The second kappa shape index (κ2) is 25.6. The predicted molar refractivity (Wildman–Crippen MR) is 364 cm³/mol. The van der Waals surface area contributed by atoms with Gasteiger partial charge in [-0.3, -0.25) is 38.0 Å². The van der Waals surface area contributed by atoms with Gasteiger partial charge in [0.1, 0.15) is 104 Å². The van der Waals surface area contributed by atoms with E-state index in [1.54, 1.807) is 38.4 Å². The summed E-state index contributed by atoms with van der Waals surface area (Å²) in [6.45, 7) is 4.59. The molecule has 7 aromatic rings. The van der Waals surface area contributed by atoms with Gasteiger partial charge in [-0.1, -0.05) is 47.5 Å². The Morgan fingerprint density at radius 2 is 1.13 bits per heavy atom. The van der Waals surface area contributed by atoms with Crippen LogP contribution in [-0.4, -0.2) is 138 Å². The number of aromatic nitrogens is 6. The zero-order chi connectivity index (χ0) is 71.3. The molecule has 6 N–H and O–H groups in total. The Hall–Kier alpha value is -7.99. The number of methoxy groups -OCH3 is 1. The number of pyridine rings is 2. The van der Waals surface area contributed by atoms with Crippen molar-refractivity contribution < 1.29 is 61.9 Å². The van der Waals surface area contributed by atoms with Crippen LogP contribution in [0.3, 0.4) is 0 Å². The van der Waals surface area contributed by atoms with Crippen LogP contribution in [-0.2, 0) is 64.8 Å². The van der Waals surface area contributed by atoms with E-state index in [9.17, 15) is 48.4 Å². The number of carbonyl (C=O) groups excluding carboxylic acids is 2. The summed E-state index contributed by atoms with van der Waals surface area (Å²) in [6.07, 6.45) is 5.24. The van der Waals surface area contributed by atoms with Crippen LogP contribution in [0.1, 0.15) is 138 Å². The Morgan fingerprint density at radius 1 is 0.612 bits per heavy atom. The van der Waals surface area contributed by atoms with Gasteiger partial charge < -0.3 is 21.9 Å². The smallest absolute Gasteiger partial charge is 0.281 e. The molecule has 11 atom stereocenters. The highest BCUT2D eigenvalue weighted by Crippen LogP contribution is 2.55. The minimum atomic E-state index is -4.10. The fraction of sp³-hybridized carbons (Fsp3) is 0.388. The van der Waals surface area contributed by atoms with E-state index in [0.29, 0.717) is 75.7 Å². The standard InChI is InChI=1S/C24H26FN5O2S.C22H21Cl2F2N3O2S.C21H20F4N4O3S/c1-23-8-7-20(33(23,4)31)24(2,30-22(23)26)16-9-14(5-6-17(16)25)10-18-21-19(29-13-28-18)11-15(32-3)12-27-21;1-21(18-5-6-22(11-25,20(27)29-21)32(18,2)31)14-7-12(3-4-16(14)26)8-17(30)19-15(24)9-13(23)10-28-19;1-20(17-4-5-21(10-22,19(26)29-20)33(17,31)32)12-6-11(2-3-13(12)23)7-16(30)14-8-28-15(9-27-14)18(24)25/h5-6,9,11-13,20H,4,7-8,10H2,1-3H3,(H2,26,30);3-4,7,9-10,18H,2,5-6,8,11H2,1H3,(H2,27,29);2-3,6,8-9,17-18H,4-5,7,10H2,1H3,(H2,26,29)/t20-,23+,24+,33?;18-,21+,22-,32?;17-,20+,21-/m000/s1. The van der Waals surface area contributed by atoms with Gasteiger partial charge in [-0.05, 0) is 150 Å². The normalized spacial score (nSPS) is 30.1. The summed E-state index contributed by atoms with van der Waals surface area (Å²) in [5.74, 6) is 5.66. The van der Waals surface area contributed by atoms with Crippen molar-refractivity contribution in [2.45, 2.75) is 139 Å². The summed E-state index contributed by atoms with van der Waals surface area (Å²) in [7, 11) is -8.20. The largest absolute Gasteiger partial charge is 0.495 e. The van der Waals surface area contributed by atoms with Crippen molar-refractivity contribution in [3.63, 3.8) is 0 Å². The molecule has 2 unspecified atom stereocenters. The van der Waals surface area contributed by atoms with Crippen LogP contribution in [0.15, 0.2) is 113 Å². The van der Waals surface area contributed by atoms with Gasteiger partial charge in [0.15, 0.2) is 26.2 Å². The van der Waals surface area contributed by atoms with E-state index in [-0.39, 0.29) is 76.5 Å². The Labute approximate surface area is 570 Å². The monoisotopic (exact) mass is 1450 g/mol. The molecule has 0 radical (unpaired) electrons. The van der Waals surface area contributed by atoms with Crippen LogP contribution in [0.2, 0.25) is 10.0 Å². The van der Waals surface area contributed by atoms with E-state index in [2.05, 4.69) is 51.6 Å². The molecule has 19 nitrogen and oxygen atoms in total. The van der Waals surface area contributed by atoms with Crippen molar-refractivity contribution in [1.82, 2.24) is 29.9 Å². The second-order valence-corrected chi connectivity index (χ2v) is 35.0. The number of fused-ring (bicyclic) bond motifs is 7. The third-order valence-corrected chi connectivity index (χ3v) is 31.0. The molecule has 3 fully saturated rings. The molecular weight excluding hydrogens is 1380 g/mol. The van der Waals surface area contributed by atoms with Crippen LogP contribution >= 0.6 is 23.2 Å². The van der Waals surface area contributed by atoms with E-state index in [4.69, 9.17) is 50.1 Å². The van der Waals surface area contributed by atoms with E-state index in [1.807, 2.05) is 13.8 Å². The third kappa shape index (κ3) is 11.5. The molecule has 13 rings (SSSR count). The van der Waals surface area contributed by atoms with Crippen LogP contribution in [0.25, 0.3) is 11.0 Å². The van der Waals surface area contributed by atoms with Gasteiger partial charge in [-0.25, -0.2) is 64.1 Å². The highest BCUT2D eigenvalue weighted by atomic mass is 35.5. The Kier molecular flexibility index (Phi) is 18.6. The van der Waals surface area contributed by atoms with E-state index in [1.165, 1.54) is 61.9 Å². The quantitative estimate of drug-likeness (QED) is 0.0488. The van der Waals surface area contributed by atoms with Gasteiger partial charge in [-0.2, -0.15) is 0 Å². The summed E-state index contributed by atoms with van der Waals surface area (Å²) >= 11 is 11.9. The van der Waals surface area contributed by atoms with Gasteiger partial charge in [-0.15, -0.1) is 0 Å². The van der Waals surface area contributed by atoms with Gasteiger partial charge in [0.2, 0.25) is 0 Å². The van der Waals surface area contributed by atoms with Crippen molar-refractivity contribution in [1.29, 1.82) is 0 Å². The molecule has 0 saturated carbocycles. The zero-order valence-electron chi connectivity index (χ0n) is 53.5. The lowest BCUT2D eigenvalue weighted by molar-refractivity contribution is 0.0979. The number of rotatable bonds is 15. The summed E-state index contributed by atoms with van der Waals surface area (Å²) < 4.78 is 153. The van der Waals surface area contributed by atoms with Crippen LogP contribution in [0, 0.1) is 17.5 Å². The first kappa shape index (κ1) is 71.3. The highest BCUT2D eigenvalue weighted by Gasteiger charge is 2.66. The molecule has 518 valence electrons. The molecule has 4 aromatic heterocycles. The number of aliphatic imine (C=N–C) groups is 3. The lowest BCUT2D eigenvalue weighted by Gasteiger charge is -2.42. The maximum absolute atomic E-state index is 15.2. The molecule has 3 saturated heterocycles. The molecule has 10 heterocycles. The average molecular weight is 1450 g/mol. The number of nitrogens with zero attached hydrogens (tertiary/aromatic N) is 9. The second-order valence-electron chi connectivity index (χ2n) is 26.0. The maximum atomic E-state index is 15.2. The first-order chi connectivity index (χ1) is 46.0. The van der Waals surface area contributed by atoms with E-state index >= 15 is 8.78 Å². The van der Waals surface area contributed by atoms with E-state index in [0.717, 1.165) is 24.0 Å². The number of alkyl halides is 4. The number of Topliss-reactive ketones (excluding diaryl/α,β-unsaturated/α-hetero) is 2. The summed E-state index contributed by atoms with van der Waals surface area (Å²) in [4.78, 5) is 63.1. The number of ether oxygens (including phenoxy) is 1. The van der Waals surface area contributed by atoms with Crippen LogP contribution < -0.4 is 21.9 Å². The minimum absolute atomic E-state index is 0.0471. The highest BCUT2D eigenvalue weighted by molar-refractivity contribution is 8.03. The number of halogens is 9. The Balaban J connectivity index is 0.000000149. The van der Waals surface area contributed by atoms with Crippen molar-refractivity contribution in [2.24, 2.45) is 32.2 Å². The first-order valence-electron chi connectivity index (χ1n) is 30.6. The van der Waals surface area contributed by atoms with Crippen molar-refractivity contribution in [2.75, 3.05) is 20.5 Å². The topological polar surface area (TPSA) is 304 Å². The van der Waals surface area contributed by atoms with Gasteiger partial charge in [0, 0.05) is 48.2 Å². The SMILES string of the molecule is C=S1(=O)[C@H]2CC[C@]1(C)C(N)=N[C@]2(C)c1cc(Cc2ncnc3cc(OC)cnc23)ccc1F.C=S1(=O)[C@H]2CC[C@]1(CF)C(N)=N[C@]2(C)c1cc(CC(=O)c2ncc(Cl)cc2Cl)ccc1F.C[C@]1(c2cc(CC(=O)c3cnc(C(F)F)cn3)ccc2F)N=C(N)[C@@]2(CF)CC[C@@H]1S2(=O)=O. The fourth-order valence-corrected chi connectivity index (χ4v) is 23.7. The Bertz CT molecular complexity index is 4910. The molecule has 0 amide bonds. The predicted octanol–water partition coefficient (Wildman–Crippen LogP) is 9.96. The zero-order valence-corrected chi connectivity index (χ0v) is 57.4. The number of amidine groups is 3. The summed E-state index contributed by atoms with van der Waals surface area (Å²) in [6, 6.07) is 16.1. The summed E-state index contributed by atoms with van der Waals surface area (Å²) in [5.41, 5.74) is 17.8. The average Bonchev–Trinajstić information content (AvgIpc) is 1.50. The number of benzene rings is 3. The molecule has 98 heavy (non-hydrogen) atoms. The van der Waals surface area contributed by atoms with Gasteiger partial charge >= 0.3 is 0 Å². The molecule has 31 heteroatoms. The number of hydrogen-bond donors (Lipinski definition) is 3. The molecule has 6 bridgehead atoms. The third-order valence-electron chi connectivity index (χ3n) is 20.5. The van der Waals surface area contributed by atoms with E-state index < -0.39 is 125 Å². The van der Waals surface area contributed by atoms with Crippen LogP contribution in [0.4, 0.5) is 30.7 Å². The van der Waals surface area contributed by atoms with Crippen molar-refractivity contribution in [3.8, 4) is 5.75 Å². The van der Waals surface area contributed by atoms with Gasteiger partial charge in [0.25, 0.3) is 6.43 Å². The van der Waals surface area contributed by atoms with Crippen molar-refractivity contribution >= 4 is 104 Å². The van der Waals surface area contributed by atoms with Gasteiger partial charge in [0.05, 0.1) is 67.5 Å². The molecule has 6 aliphatic heterocycles. The minimum Gasteiger partial charge on any atom is -0.495 e. The van der Waals surface area contributed by atoms with Crippen LogP contribution in [0.5, 0.6) is 5.75 Å². The molecular formula is C67H67Cl2F7N12O7S3. The van der Waals surface area contributed by atoms with Crippen molar-refractivity contribution in [3.05, 3.63) is 181 Å². The summed E-state index contributed by atoms with van der Waals surface area (Å²) in [5, 5.41) is -1.84.